The van der Waals surface area contributed by atoms with E-state index >= 15 is 0 Å². The minimum atomic E-state index is -1.63. The molecule has 2 aromatic rings. The molecule has 0 aliphatic heterocycles. The Hall–Kier alpha value is -0.400. The molecule has 0 spiro atoms. The van der Waals surface area contributed by atoms with Gasteiger partial charge in [0, 0.05) is 20.7 Å². The van der Waals surface area contributed by atoms with E-state index < -0.39 is 18.9 Å². The van der Waals surface area contributed by atoms with Crippen LogP contribution >= 0.6 is 41.7 Å². The minimum absolute atomic E-state index is 0.234. The molecule has 0 aromatic heterocycles. The molecule has 0 unspecified atom stereocenters. The highest BCUT2D eigenvalue weighted by Gasteiger charge is 2.19. The van der Waals surface area contributed by atoms with E-state index in [1.54, 1.807) is 0 Å². The lowest BCUT2D eigenvalue weighted by Crippen LogP contribution is -2.14. The van der Waals surface area contributed by atoms with E-state index in [4.69, 9.17) is 34.4 Å². The summed E-state index contributed by atoms with van der Waals surface area (Å²) in [5, 5.41) is 1.01. The predicted molar refractivity (Wildman–Crippen MR) is 74.9 cm³/mol. The molecule has 0 heterocycles. The molecule has 0 nitrogen and oxygen atoms in total. The van der Waals surface area contributed by atoms with Gasteiger partial charge in [0.15, 0.2) is 0 Å². The largest absolute Gasteiger partial charge is 0.206 e. The third kappa shape index (κ3) is 2.95. The van der Waals surface area contributed by atoms with Gasteiger partial charge in [-0.25, -0.2) is 8.78 Å². The fraction of sp³-hybridized carbons (Fsp3) is 0. The van der Waals surface area contributed by atoms with Crippen LogP contribution in [0.5, 0.6) is 0 Å². The molecule has 0 amide bonds. The van der Waals surface area contributed by atoms with Crippen LogP contribution in [0.25, 0.3) is 0 Å². The van der Waals surface area contributed by atoms with E-state index in [0.717, 1.165) is 12.1 Å². The number of halogens is 5. The molecule has 2 rings (SSSR count). The SMILES string of the molecule is Fc1cc(Cl)ccc1P(Cl)c1ccc(Cl)cc1F. The molecule has 94 valence electrons. The van der Waals surface area contributed by atoms with Crippen molar-refractivity contribution >= 4 is 52.3 Å². The van der Waals surface area contributed by atoms with Crippen LogP contribution in [0.1, 0.15) is 0 Å². The quantitative estimate of drug-likeness (QED) is 0.692. The summed E-state index contributed by atoms with van der Waals surface area (Å²) in [6.45, 7) is 0. The number of benzene rings is 2. The summed E-state index contributed by atoms with van der Waals surface area (Å²) in [7, 11) is -1.63. The molecule has 2 aromatic carbocycles. The summed E-state index contributed by atoms with van der Waals surface area (Å²) in [4.78, 5) is 0. The zero-order chi connectivity index (χ0) is 13.3. The van der Waals surface area contributed by atoms with Crippen LogP contribution in [0.3, 0.4) is 0 Å². The van der Waals surface area contributed by atoms with Gasteiger partial charge in [-0.1, -0.05) is 34.4 Å². The second kappa shape index (κ2) is 5.71. The Morgan fingerprint density at radius 1 is 0.778 bits per heavy atom. The average molecular weight is 326 g/mol. The number of rotatable bonds is 2. The first-order valence-corrected chi connectivity index (χ1v) is 7.85. The normalized spacial score (nSPS) is 11.0. The maximum Gasteiger partial charge on any atom is 0.133 e. The Kier molecular flexibility index (Phi) is 4.45. The molecule has 0 saturated heterocycles. The molecule has 0 aliphatic carbocycles. The Labute approximate surface area is 119 Å². The van der Waals surface area contributed by atoms with Crippen LogP contribution in [0.15, 0.2) is 36.4 Å². The molecular weight excluding hydrogens is 319 g/mol. The van der Waals surface area contributed by atoms with Gasteiger partial charge in [-0.3, -0.25) is 0 Å². The van der Waals surface area contributed by atoms with E-state index in [9.17, 15) is 8.78 Å². The summed E-state index contributed by atoms with van der Waals surface area (Å²) in [6.07, 6.45) is 0. The van der Waals surface area contributed by atoms with Crippen LogP contribution in [-0.2, 0) is 0 Å². The molecule has 0 bridgehead atoms. The third-order valence-electron chi connectivity index (χ3n) is 2.24. The van der Waals surface area contributed by atoms with E-state index in [2.05, 4.69) is 0 Å². The Morgan fingerprint density at radius 3 is 1.50 bits per heavy atom. The summed E-state index contributed by atoms with van der Waals surface area (Å²) in [5.41, 5.74) is 0. The van der Waals surface area contributed by atoms with Crippen molar-refractivity contribution in [1.82, 2.24) is 0 Å². The standard InChI is InChI=1S/C12H6Cl3F2P/c13-7-1-3-11(9(16)5-7)18(15)12-4-2-8(14)6-10(12)17/h1-6H. The average Bonchev–Trinajstić information content (AvgIpc) is 2.28. The van der Waals surface area contributed by atoms with Crippen molar-refractivity contribution in [1.29, 1.82) is 0 Å². The van der Waals surface area contributed by atoms with Crippen molar-refractivity contribution in [3.05, 3.63) is 58.1 Å². The summed E-state index contributed by atoms with van der Waals surface area (Å²) >= 11 is 17.5. The summed E-state index contributed by atoms with van der Waals surface area (Å²) < 4.78 is 27.4. The highest BCUT2D eigenvalue weighted by molar-refractivity contribution is 7.95. The minimum Gasteiger partial charge on any atom is -0.206 e. The maximum absolute atomic E-state index is 13.7. The summed E-state index contributed by atoms with van der Waals surface area (Å²) in [6, 6.07) is 8.27. The van der Waals surface area contributed by atoms with Gasteiger partial charge in [0.1, 0.15) is 11.6 Å². The van der Waals surface area contributed by atoms with Crippen LogP contribution in [0.2, 0.25) is 10.0 Å². The molecule has 0 saturated carbocycles. The maximum atomic E-state index is 13.7. The van der Waals surface area contributed by atoms with Gasteiger partial charge in [-0.15, -0.1) is 0 Å². The first-order chi connectivity index (χ1) is 8.49. The molecular formula is C12H6Cl3F2P. The lowest BCUT2D eigenvalue weighted by molar-refractivity contribution is 0.634. The second-order valence-electron chi connectivity index (χ2n) is 3.47. The Morgan fingerprint density at radius 2 is 1.17 bits per heavy atom. The lowest BCUT2D eigenvalue weighted by Gasteiger charge is -2.12. The Bertz CT molecular complexity index is 538. The molecule has 0 radical (unpaired) electrons. The Balaban J connectivity index is 2.44. The first-order valence-electron chi connectivity index (χ1n) is 4.85. The highest BCUT2D eigenvalue weighted by atomic mass is 35.7. The zero-order valence-corrected chi connectivity index (χ0v) is 12.0. The van der Waals surface area contributed by atoms with Gasteiger partial charge in [0.25, 0.3) is 0 Å². The van der Waals surface area contributed by atoms with Crippen molar-refractivity contribution in [2.75, 3.05) is 0 Å². The highest BCUT2D eigenvalue weighted by Crippen LogP contribution is 2.41. The van der Waals surface area contributed by atoms with Gasteiger partial charge in [0.2, 0.25) is 0 Å². The smallest absolute Gasteiger partial charge is 0.133 e. The second-order valence-corrected chi connectivity index (χ2v) is 6.88. The number of hydrogen-bond donors (Lipinski definition) is 0. The topological polar surface area (TPSA) is 0 Å². The molecule has 0 N–H and O–H groups in total. The monoisotopic (exact) mass is 324 g/mol. The molecule has 6 heteroatoms. The molecule has 0 fully saturated rings. The third-order valence-corrected chi connectivity index (χ3v) is 5.38. The van der Waals surface area contributed by atoms with Gasteiger partial charge in [-0.05, 0) is 36.4 Å². The van der Waals surface area contributed by atoms with Crippen LogP contribution in [-0.4, -0.2) is 0 Å². The fourth-order valence-electron chi connectivity index (χ4n) is 1.41. The van der Waals surface area contributed by atoms with E-state index in [1.165, 1.54) is 24.3 Å². The molecule has 0 aliphatic rings. The van der Waals surface area contributed by atoms with Crippen molar-refractivity contribution in [3.8, 4) is 0 Å². The van der Waals surface area contributed by atoms with Crippen LogP contribution in [0, 0.1) is 11.6 Å². The van der Waals surface area contributed by atoms with Gasteiger partial charge < -0.3 is 0 Å². The van der Waals surface area contributed by atoms with Gasteiger partial charge >= 0.3 is 0 Å². The summed E-state index contributed by atoms with van der Waals surface area (Å²) in [5.74, 6) is -1.09. The van der Waals surface area contributed by atoms with Crippen LogP contribution < -0.4 is 10.6 Å². The fourth-order valence-corrected chi connectivity index (χ4v) is 3.73. The lowest BCUT2D eigenvalue weighted by atomic mass is 10.3. The molecule has 0 atom stereocenters. The molecule has 18 heavy (non-hydrogen) atoms. The van der Waals surface area contributed by atoms with Gasteiger partial charge in [0.05, 0.1) is 7.27 Å². The van der Waals surface area contributed by atoms with Crippen molar-refractivity contribution in [3.63, 3.8) is 0 Å². The van der Waals surface area contributed by atoms with Crippen molar-refractivity contribution in [2.24, 2.45) is 0 Å². The zero-order valence-electron chi connectivity index (χ0n) is 8.80. The van der Waals surface area contributed by atoms with Gasteiger partial charge in [-0.2, -0.15) is 0 Å². The van der Waals surface area contributed by atoms with Crippen molar-refractivity contribution < 1.29 is 8.78 Å². The van der Waals surface area contributed by atoms with E-state index in [-0.39, 0.29) is 20.7 Å². The van der Waals surface area contributed by atoms with E-state index in [0.29, 0.717) is 0 Å². The predicted octanol–water partition coefficient (Wildman–Crippen LogP) is 4.86. The van der Waals surface area contributed by atoms with Crippen molar-refractivity contribution in [2.45, 2.75) is 0 Å². The van der Waals surface area contributed by atoms with Crippen LogP contribution in [0.4, 0.5) is 8.78 Å². The number of hydrogen-bond acceptors (Lipinski definition) is 0. The van der Waals surface area contributed by atoms with E-state index in [1.807, 2.05) is 0 Å². The first kappa shape index (κ1) is 14.0.